The van der Waals surface area contributed by atoms with Crippen molar-refractivity contribution in [1.29, 1.82) is 0 Å². The molecule has 0 radical (unpaired) electrons. The van der Waals surface area contributed by atoms with Crippen LogP contribution in [0.1, 0.15) is 24.8 Å². The summed E-state index contributed by atoms with van der Waals surface area (Å²) in [6, 6.07) is 12.5. The SMILES string of the molecule is O[C@H](COCc1ccccc1)CN1CCCC[C@@H]1Cn1cccn1. The summed E-state index contributed by atoms with van der Waals surface area (Å²) in [5, 5.41) is 14.6. The predicted octanol–water partition coefficient (Wildman–Crippen LogP) is 2.32. The first kappa shape index (κ1) is 17.1. The zero-order chi connectivity index (χ0) is 16.6. The molecule has 0 saturated carbocycles. The fourth-order valence-corrected chi connectivity index (χ4v) is 3.34. The lowest BCUT2D eigenvalue weighted by Gasteiger charge is -2.36. The Morgan fingerprint density at radius 2 is 2.08 bits per heavy atom. The maximum absolute atomic E-state index is 10.3. The highest BCUT2D eigenvalue weighted by molar-refractivity contribution is 5.13. The van der Waals surface area contributed by atoms with Crippen LogP contribution < -0.4 is 0 Å². The minimum absolute atomic E-state index is 0.375. The number of likely N-dealkylation sites (tertiary alicyclic amines) is 1. The van der Waals surface area contributed by atoms with E-state index in [0.29, 0.717) is 25.8 Å². The number of hydrogen-bond donors (Lipinski definition) is 1. The highest BCUT2D eigenvalue weighted by atomic mass is 16.5. The van der Waals surface area contributed by atoms with Crippen molar-refractivity contribution < 1.29 is 9.84 Å². The second-order valence-corrected chi connectivity index (χ2v) is 6.53. The van der Waals surface area contributed by atoms with Gasteiger partial charge in [-0.3, -0.25) is 9.58 Å². The standard InChI is InChI=1S/C19H27N3O2/c23-19(16-24-15-17-7-2-1-3-8-17)14-21-11-5-4-9-18(21)13-22-12-6-10-20-22/h1-3,6-8,10,12,18-19,23H,4-5,9,11,13-16H2/t18-,19+/m1/s1. The molecule has 0 spiro atoms. The molecule has 1 fully saturated rings. The quantitative estimate of drug-likeness (QED) is 0.807. The number of ether oxygens (including phenoxy) is 1. The largest absolute Gasteiger partial charge is 0.389 e. The van der Waals surface area contributed by atoms with Gasteiger partial charge in [-0.05, 0) is 31.0 Å². The van der Waals surface area contributed by atoms with E-state index in [0.717, 1.165) is 25.1 Å². The van der Waals surface area contributed by atoms with Gasteiger partial charge in [0.1, 0.15) is 0 Å². The molecule has 2 heterocycles. The molecule has 1 saturated heterocycles. The van der Waals surface area contributed by atoms with E-state index in [2.05, 4.69) is 10.00 Å². The van der Waals surface area contributed by atoms with Crippen molar-refractivity contribution in [1.82, 2.24) is 14.7 Å². The summed E-state index contributed by atoms with van der Waals surface area (Å²) in [6.07, 6.45) is 6.99. The molecule has 0 aliphatic carbocycles. The van der Waals surface area contributed by atoms with Crippen molar-refractivity contribution in [2.45, 2.75) is 44.6 Å². The third kappa shape index (κ3) is 5.16. The Bertz CT molecular complexity index is 574. The zero-order valence-corrected chi connectivity index (χ0v) is 14.1. The summed E-state index contributed by atoms with van der Waals surface area (Å²) in [4.78, 5) is 2.39. The van der Waals surface area contributed by atoms with E-state index in [4.69, 9.17) is 4.74 Å². The number of nitrogens with zero attached hydrogens (tertiary/aromatic N) is 3. The second kappa shape index (κ2) is 8.97. The van der Waals surface area contributed by atoms with Crippen molar-refractivity contribution in [2.75, 3.05) is 19.7 Å². The molecular formula is C19H27N3O2. The monoisotopic (exact) mass is 329 g/mol. The molecule has 3 rings (SSSR count). The van der Waals surface area contributed by atoms with Crippen LogP contribution in [0.5, 0.6) is 0 Å². The Morgan fingerprint density at radius 1 is 1.21 bits per heavy atom. The first-order valence-electron chi connectivity index (χ1n) is 8.82. The van der Waals surface area contributed by atoms with Crippen molar-refractivity contribution >= 4 is 0 Å². The summed E-state index contributed by atoms with van der Waals surface area (Å²) >= 11 is 0. The topological polar surface area (TPSA) is 50.5 Å². The third-order valence-corrected chi connectivity index (χ3v) is 4.57. The van der Waals surface area contributed by atoms with Crippen LogP contribution in [0, 0.1) is 0 Å². The van der Waals surface area contributed by atoms with E-state index in [-0.39, 0.29) is 0 Å². The maximum Gasteiger partial charge on any atom is 0.0900 e. The van der Waals surface area contributed by atoms with Crippen LogP contribution in [0.2, 0.25) is 0 Å². The number of β-amino-alcohol motifs (C(OH)–C–C–N with tert-alkyl or cyclic N) is 1. The van der Waals surface area contributed by atoms with Crippen molar-refractivity contribution in [3.05, 3.63) is 54.4 Å². The average Bonchev–Trinajstić information content (AvgIpc) is 3.11. The van der Waals surface area contributed by atoms with Crippen LogP contribution in [-0.2, 0) is 17.9 Å². The summed E-state index contributed by atoms with van der Waals surface area (Å²) in [6.45, 7) is 3.53. The molecule has 5 nitrogen and oxygen atoms in total. The molecule has 2 atom stereocenters. The Balaban J connectivity index is 1.44. The van der Waals surface area contributed by atoms with E-state index < -0.39 is 6.10 Å². The molecule has 0 unspecified atom stereocenters. The zero-order valence-electron chi connectivity index (χ0n) is 14.1. The van der Waals surface area contributed by atoms with Crippen LogP contribution in [-0.4, -0.2) is 51.6 Å². The summed E-state index contributed by atoms with van der Waals surface area (Å²) in [5.41, 5.74) is 1.14. The molecule has 0 bridgehead atoms. The average molecular weight is 329 g/mol. The van der Waals surface area contributed by atoms with Gasteiger partial charge in [-0.15, -0.1) is 0 Å². The van der Waals surface area contributed by atoms with Crippen molar-refractivity contribution in [2.24, 2.45) is 0 Å². The van der Waals surface area contributed by atoms with E-state index in [1.807, 2.05) is 53.5 Å². The number of piperidine rings is 1. The Kier molecular flexibility index (Phi) is 6.41. The van der Waals surface area contributed by atoms with Crippen LogP contribution in [0.25, 0.3) is 0 Å². The first-order valence-corrected chi connectivity index (χ1v) is 8.82. The highest BCUT2D eigenvalue weighted by Crippen LogP contribution is 2.18. The lowest BCUT2D eigenvalue weighted by molar-refractivity contribution is -0.00570. The maximum atomic E-state index is 10.3. The van der Waals surface area contributed by atoms with Gasteiger partial charge in [0.15, 0.2) is 0 Å². The normalized spacial score (nSPS) is 20.1. The summed E-state index contributed by atoms with van der Waals surface area (Å²) < 4.78 is 7.66. The lowest BCUT2D eigenvalue weighted by atomic mass is 10.0. The van der Waals surface area contributed by atoms with Gasteiger partial charge in [0.25, 0.3) is 0 Å². The minimum Gasteiger partial charge on any atom is -0.389 e. The molecule has 1 aliphatic heterocycles. The van der Waals surface area contributed by atoms with E-state index in [1.165, 1.54) is 12.8 Å². The van der Waals surface area contributed by atoms with Gasteiger partial charge in [0.05, 0.1) is 25.9 Å². The van der Waals surface area contributed by atoms with Gasteiger partial charge in [-0.2, -0.15) is 5.10 Å². The van der Waals surface area contributed by atoms with E-state index in [9.17, 15) is 5.11 Å². The van der Waals surface area contributed by atoms with Crippen LogP contribution in [0.15, 0.2) is 48.8 Å². The summed E-state index contributed by atoms with van der Waals surface area (Å²) in [7, 11) is 0. The second-order valence-electron chi connectivity index (χ2n) is 6.53. The van der Waals surface area contributed by atoms with Gasteiger partial charge in [0, 0.05) is 25.0 Å². The molecule has 1 aliphatic rings. The highest BCUT2D eigenvalue weighted by Gasteiger charge is 2.24. The number of hydrogen-bond acceptors (Lipinski definition) is 4. The van der Waals surface area contributed by atoms with Crippen molar-refractivity contribution in [3.8, 4) is 0 Å². The molecular weight excluding hydrogens is 302 g/mol. The van der Waals surface area contributed by atoms with Gasteiger partial charge in [-0.1, -0.05) is 36.8 Å². The fourth-order valence-electron chi connectivity index (χ4n) is 3.34. The Hall–Kier alpha value is -1.69. The molecule has 0 amide bonds. The number of rotatable bonds is 8. The molecule has 5 heteroatoms. The fraction of sp³-hybridized carbons (Fsp3) is 0.526. The minimum atomic E-state index is -0.452. The van der Waals surface area contributed by atoms with Crippen molar-refractivity contribution in [3.63, 3.8) is 0 Å². The Morgan fingerprint density at radius 3 is 2.88 bits per heavy atom. The number of aliphatic hydroxyl groups is 1. The Labute approximate surface area is 143 Å². The van der Waals surface area contributed by atoms with Crippen LogP contribution in [0.3, 0.4) is 0 Å². The van der Waals surface area contributed by atoms with Gasteiger partial charge in [0.2, 0.25) is 0 Å². The smallest absolute Gasteiger partial charge is 0.0900 e. The van der Waals surface area contributed by atoms with E-state index >= 15 is 0 Å². The molecule has 130 valence electrons. The summed E-state index contributed by atoms with van der Waals surface area (Å²) in [5.74, 6) is 0. The predicted molar refractivity (Wildman–Crippen MR) is 93.5 cm³/mol. The third-order valence-electron chi connectivity index (χ3n) is 4.57. The van der Waals surface area contributed by atoms with E-state index in [1.54, 1.807) is 0 Å². The molecule has 1 aromatic heterocycles. The van der Waals surface area contributed by atoms with Gasteiger partial charge >= 0.3 is 0 Å². The number of aliphatic hydroxyl groups excluding tert-OH is 1. The molecule has 24 heavy (non-hydrogen) atoms. The molecule has 1 N–H and O–H groups in total. The van der Waals surface area contributed by atoms with Gasteiger partial charge < -0.3 is 9.84 Å². The van der Waals surface area contributed by atoms with Crippen LogP contribution in [0.4, 0.5) is 0 Å². The lowest BCUT2D eigenvalue weighted by Crippen LogP contribution is -2.46. The van der Waals surface area contributed by atoms with Crippen LogP contribution >= 0.6 is 0 Å². The number of aromatic nitrogens is 2. The first-order chi connectivity index (χ1) is 11.8. The molecule has 2 aromatic rings. The van der Waals surface area contributed by atoms with Gasteiger partial charge in [-0.25, -0.2) is 0 Å². The molecule has 1 aromatic carbocycles. The number of benzene rings is 1.